The first-order valence-corrected chi connectivity index (χ1v) is 4.97. The predicted octanol–water partition coefficient (Wildman–Crippen LogP) is 4.77. The average Bonchev–Trinajstić information content (AvgIpc) is 2.08. The Bertz CT molecular complexity index is 234. The lowest BCUT2D eigenvalue weighted by atomic mass is 10.3. The van der Waals surface area contributed by atoms with Crippen molar-refractivity contribution in [1.82, 2.24) is 0 Å². The summed E-state index contributed by atoms with van der Waals surface area (Å²) in [5, 5.41) is 9.52. The van der Waals surface area contributed by atoms with Crippen LogP contribution in [0.3, 0.4) is 0 Å². The molecule has 0 fully saturated rings. The minimum absolute atomic E-state index is 0.0464. The molecule has 0 aliphatic carbocycles. The molecule has 6 heteroatoms. The van der Waals surface area contributed by atoms with Gasteiger partial charge in [-0.3, -0.25) is 0 Å². The zero-order valence-electron chi connectivity index (χ0n) is 5.34. The molecule has 0 unspecified atom stereocenters. The van der Waals surface area contributed by atoms with E-state index >= 15 is 0 Å². The minimum atomic E-state index is -0.278. The van der Waals surface area contributed by atoms with Gasteiger partial charge in [0.2, 0.25) is 0 Å². The number of hydrogen-bond donors (Lipinski definition) is 1. The van der Waals surface area contributed by atoms with Crippen LogP contribution in [0.25, 0.3) is 0 Å². The molecule has 0 aromatic heterocycles. The van der Waals surface area contributed by atoms with Gasteiger partial charge in [-0.2, -0.15) is 0 Å². The van der Waals surface area contributed by atoms with E-state index in [1.807, 2.05) is 0 Å². The van der Waals surface area contributed by atoms with Crippen LogP contribution in [0.5, 0.6) is 5.75 Å². The third-order valence-corrected chi connectivity index (χ3v) is 4.12. The molecule has 0 saturated carbocycles. The molecule has 66 valence electrons. The second-order valence-corrected chi connectivity index (χ2v) is 4.22. The Hall–Kier alpha value is 0.660. The molecular formula is C6HBrCl4O. The van der Waals surface area contributed by atoms with Gasteiger partial charge in [-0.25, -0.2) is 0 Å². The summed E-state index contributed by atoms with van der Waals surface area (Å²) in [6.07, 6.45) is 0. The summed E-state index contributed by atoms with van der Waals surface area (Å²) in [5.41, 5.74) is 0. The van der Waals surface area contributed by atoms with Gasteiger partial charge in [-0.1, -0.05) is 46.4 Å². The topological polar surface area (TPSA) is 20.2 Å². The van der Waals surface area contributed by atoms with E-state index in [2.05, 4.69) is 15.9 Å². The minimum Gasteiger partial charge on any atom is -0.505 e. The summed E-state index contributed by atoms with van der Waals surface area (Å²) in [4.78, 5) is 0. The number of benzene rings is 1. The normalized spacial score (nSPS) is 10.4. The van der Waals surface area contributed by atoms with Crippen LogP contribution in [0.1, 0.15) is 0 Å². The van der Waals surface area contributed by atoms with Crippen molar-refractivity contribution < 1.29 is 5.11 Å². The van der Waals surface area contributed by atoms with Crippen LogP contribution in [0.4, 0.5) is 0 Å². The van der Waals surface area contributed by atoms with Crippen LogP contribution >= 0.6 is 62.3 Å². The highest BCUT2D eigenvalue weighted by Gasteiger charge is 2.17. The summed E-state index contributed by atoms with van der Waals surface area (Å²) >= 11 is 25.6. The third-order valence-electron chi connectivity index (χ3n) is 1.19. The maximum atomic E-state index is 9.26. The second kappa shape index (κ2) is 3.81. The van der Waals surface area contributed by atoms with Crippen LogP contribution in [0.15, 0.2) is 4.47 Å². The predicted molar refractivity (Wildman–Crippen MR) is 55.8 cm³/mol. The summed E-state index contributed by atoms with van der Waals surface area (Å²) in [6, 6.07) is 0. The van der Waals surface area contributed by atoms with Crippen molar-refractivity contribution in [2.24, 2.45) is 0 Å². The van der Waals surface area contributed by atoms with Gasteiger partial charge in [-0.15, -0.1) is 0 Å². The smallest absolute Gasteiger partial charge is 0.155 e. The summed E-state index contributed by atoms with van der Waals surface area (Å²) < 4.78 is 0.331. The first-order valence-electron chi connectivity index (χ1n) is 2.67. The van der Waals surface area contributed by atoms with E-state index in [0.29, 0.717) is 4.47 Å². The van der Waals surface area contributed by atoms with Gasteiger partial charge < -0.3 is 5.11 Å². The maximum absolute atomic E-state index is 9.26. The molecule has 0 amide bonds. The van der Waals surface area contributed by atoms with E-state index in [0.717, 1.165) is 0 Å². The van der Waals surface area contributed by atoms with Crippen molar-refractivity contribution in [3.63, 3.8) is 0 Å². The van der Waals surface area contributed by atoms with Gasteiger partial charge in [0.1, 0.15) is 5.02 Å². The molecule has 0 saturated heterocycles. The van der Waals surface area contributed by atoms with Crippen LogP contribution in [0.2, 0.25) is 20.1 Å². The van der Waals surface area contributed by atoms with Gasteiger partial charge in [0.05, 0.1) is 19.5 Å². The van der Waals surface area contributed by atoms with Crippen molar-refractivity contribution in [3.8, 4) is 5.75 Å². The average molecular weight is 311 g/mol. The fraction of sp³-hybridized carbons (Fsp3) is 0. The molecule has 0 atom stereocenters. The standard InChI is InChI=1S/C6HBrCl4O/c7-1-2(8)4(10)5(11)6(12)3(1)9/h12H. The molecule has 12 heavy (non-hydrogen) atoms. The van der Waals surface area contributed by atoms with E-state index < -0.39 is 0 Å². The first-order chi connectivity index (χ1) is 5.46. The van der Waals surface area contributed by atoms with Crippen molar-refractivity contribution in [2.45, 2.75) is 0 Å². The van der Waals surface area contributed by atoms with E-state index in [4.69, 9.17) is 46.4 Å². The number of aromatic hydroxyl groups is 1. The van der Waals surface area contributed by atoms with Crippen LogP contribution in [0, 0.1) is 0 Å². The Balaban J connectivity index is 3.60. The molecule has 0 aliphatic heterocycles. The lowest BCUT2D eigenvalue weighted by Gasteiger charge is -2.06. The van der Waals surface area contributed by atoms with E-state index in [1.165, 1.54) is 0 Å². The Labute approximate surface area is 97.3 Å². The Morgan fingerprint density at radius 3 is 1.83 bits per heavy atom. The molecule has 0 radical (unpaired) electrons. The Morgan fingerprint density at radius 2 is 1.33 bits per heavy atom. The SMILES string of the molecule is Oc1c(Cl)c(Cl)c(Cl)c(Br)c1Cl. The number of rotatable bonds is 0. The molecule has 1 aromatic carbocycles. The number of hydrogen-bond acceptors (Lipinski definition) is 1. The van der Waals surface area contributed by atoms with E-state index in [9.17, 15) is 5.11 Å². The third kappa shape index (κ3) is 1.64. The van der Waals surface area contributed by atoms with Gasteiger partial charge in [0.15, 0.2) is 5.75 Å². The highest BCUT2D eigenvalue weighted by Crippen LogP contribution is 2.47. The zero-order chi connectivity index (χ0) is 9.46. The molecule has 0 spiro atoms. The zero-order valence-corrected chi connectivity index (χ0v) is 9.95. The van der Waals surface area contributed by atoms with Crippen LogP contribution in [-0.4, -0.2) is 5.11 Å². The van der Waals surface area contributed by atoms with Crippen LogP contribution < -0.4 is 0 Å². The molecular weight excluding hydrogens is 310 g/mol. The maximum Gasteiger partial charge on any atom is 0.155 e. The first kappa shape index (κ1) is 10.7. The largest absolute Gasteiger partial charge is 0.505 e. The van der Waals surface area contributed by atoms with E-state index in [1.54, 1.807) is 0 Å². The molecule has 1 aromatic rings. The molecule has 1 N–H and O–H groups in total. The summed E-state index contributed by atoms with van der Waals surface area (Å²) in [5.74, 6) is -0.278. The van der Waals surface area contributed by atoms with Gasteiger partial charge >= 0.3 is 0 Å². The highest BCUT2D eigenvalue weighted by molar-refractivity contribution is 9.10. The van der Waals surface area contributed by atoms with Crippen molar-refractivity contribution in [3.05, 3.63) is 24.6 Å². The second-order valence-electron chi connectivity index (χ2n) is 1.92. The molecule has 0 aliphatic rings. The molecule has 0 bridgehead atoms. The Morgan fingerprint density at radius 1 is 0.833 bits per heavy atom. The van der Waals surface area contributed by atoms with E-state index in [-0.39, 0.29) is 25.8 Å². The molecule has 1 nitrogen and oxygen atoms in total. The van der Waals surface area contributed by atoms with Gasteiger partial charge in [0, 0.05) is 0 Å². The van der Waals surface area contributed by atoms with Crippen molar-refractivity contribution in [1.29, 1.82) is 0 Å². The van der Waals surface area contributed by atoms with Crippen LogP contribution in [-0.2, 0) is 0 Å². The number of phenolic OH excluding ortho intramolecular Hbond substituents is 1. The van der Waals surface area contributed by atoms with Crippen molar-refractivity contribution >= 4 is 62.3 Å². The monoisotopic (exact) mass is 308 g/mol. The fourth-order valence-corrected chi connectivity index (χ4v) is 1.99. The molecule has 1 rings (SSSR count). The van der Waals surface area contributed by atoms with Gasteiger partial charge in [0.25, 0.3) is 0 Å². The summed E-state index contributed by atoms with van der Waals surface area (Å²) in [7, 11) is 0. The van der Waals surface area contributed by atoms with Crippen molar-refractivity contribution in [2.75, 3.05) is 0 Å². The fourth-order valence-electron chi connectivity index (χ4n) is 0.593. The number of phenols is 1. The molecule has 0 heterocycles. The van der Waals surface area contributed by atoms with Gasteiger partial charge in [-0.05, 0) is 15.9 Å². The lowest BCUT2D eigenvalue weighted by molar-refractivity contribution is 0.475. The summed E-state index contributed by atoms with van der Waals surface area (Å²) in [6.45, 7) is 0. The Kier molecular flexibility index (Phi) is 3.41. The highest BCUT2D eigenvalue weighted by atomic mass is 79.9. The number of halogens is 5. The lowest BCUT2D eigenvalue weighted by Crippen LogP contribution is -1.79. The quantitative estimate of drug-likeness (QED) is 0.540.